The van der Waals surface area contributed by atoms with E-state index in [9.17, 15) is 4.79 Å². The molecule has 0 bridgehead atoms. The average Bonchev–Trinajstić information content (AvgIpc) is 2.93. The zero-order valence-corrected chi connectivity index (χ0v) is 12.5. The Balaban J connectivity index is 1.75. The fourth-order valence-electron chi connectivity index (χ4n) is 2.97. The summed E-state index contributed by atoms with van der Waals surface area (Å²) in [6, 6.07) is 4.19. The van der Waals surface area contributed by atoms with Gasteiger partial charge in [-0.05, 0) is 37.5 Å². The number of amides is 1. The first-order valence-corrected chi connectivity index (χ1v) is 7.34. The second-order valence-corrected chi connectivity index (χ2v) is 5.72. The minimum atomic E-state index is 0.0820. The number of carbonyl (C=O) groups is 1. The molecular weight excluding hydrogens is 264 g/mol. The standard InChI is InChI=1S/C16H20N4O/c1-12-8-13(5-6-17-12)14-4-3-7-20(11-14)16(21)15-9-18-19(2)10-15/h5-6,8-10,14H,3-4,7,11H2,1-2H3/t14-/m0/s1. The van der Waals surface area contributed by atoms with E-state index < -0.39 is 0 Å². The Morgan fingerprint density at radius 1 is 1.43 bits per heavy atom. The van der Waals surface area contributed by atoms with Gasteiger partial charge in [-0.2, -0.15) is 5.10 Å². The van der Waals surface area contributed by atoms with Gasteiger partial charge in [-0.25, -0.2) is 0 Å². The summed E-state index contributed by atoms with van der Waals surface area (Å²) in [7, 11) is 1.83. The van der Waals surface area contributed by atoms with Crippen molar-refractivity contribution >= 4 is 5.91 Å². The predicted molar refractivity (Wildman–Crippen MR) is 80.1 cm³/mol. The lowest BCUT2D eigenvalue weighted by Crippen LogP contribution is -2.39. The highest BCUT2D eigenvalue weighted by atomic mass is 16.2. The van der Waals surface area contributed by atoms with Crippen molar-refractivity contribution in [1.29, 1.82) is 0 Å². The molecule has 1 amide bonds. The maximum atomic E-state index is 12.5. The average molecular weight is 284 g/mol. The van der Waals surface area contributed by atoms with Crippen LogP contribution in [0.4, 0.5) is 0 Å². The van der Waals surface area contributed by atoms with Crippen LogP contribution < -0.4 is 0 Å². The quantitative estimate of drug-likeness (QED) is 0.849. The third-order valence-corrected chi connectivity index (χ3v) is 4.05. The number of aromatic nitrogens is 3. The van der Waals surface area contributed by atoms with Gasteiger partial charge in [0.1, 0.15) is 0 Å². The van der Waals surface area contributed by atoms with Crippen molar-refractivity contribution in [2.45, 2.75) is 25.7 Å². The SMILES string of the molecule is Cc1cc([C@H]2CCCN(C(=O)c3cnn(C)c3)C2)ccn1. The van der Waals surface area contributed by atoms with E-state index in [2.05, 4.69) is 22.2 Å². The van der Waals surface area contributed by atoms with Gasteiger partial charge in [0.15, 0.2) is 0 Å². The Morgan fingerprint density at radius 2 is 2.29 bits per heavy atom. The van der Waals surface area contributed by atoms with Gasteiger partial charge in [0, 0.05) is 44.1 Å². The van der Waals surface area contributed by atoms with Crippen molar-refractivity contribution in [1.82, 2.24) is 19.7 Å². The zero-order valence-electron chi connectivity index (χ0n) is 12.5. The summed E-state index contributed by atoms with van der Waals surface area (Å²) in [6.07, 6.45) is 7.44. The molecule has 3 heterocycles. The highest BCUT2D eigenvalue weighted by Gasteiger charge is 2.26. The Hall–Kier alpha value is -2.17. The molecule has 0 radical (unpaired) electrons. The number of pyridine rings is 1. The second-order valence-electron chi connectivity index (χ2n) is 5.72. The third kappa shape index (κ3) is 2.96. The molecule has 1 saturated heterocycles. The second kappa shape index (κ2) is 5.68. The molecule has 0 spiro atoms. The van der Waals surface area contributed by atoms with Crippen molar-refractivity contribution < 1.29 is 4.79 Å². The summed E-state index contributed by atoms with van der Waals surface area (Å²) in [5.74, 6) is 0.486. The molecule has 0 aromatic carbocycles. The van der Waals surface area contributed by atoms with Crippen LogP contribution in [0.25, 0.3) is 0 Å². The van der Waals surface area contributed by atoms with Crippen molar-refractivity contribution in [3.05, 3.63) is 47.5 Å². The molecule has 5 nitrogen and oxygen atoms in total. The first kappa shape index (κ1) is 13.8. The number of likely N-dealkylation sites (tertiary alicyclic amines) is 1. The van der Waals surface area contributed by atoms with Crippen LogP contribution >= 0.6 is 0 Å². The van der Waals surface area contributed by atoms with E-state index in [-0.39, 0.29) is 5.91 Å². The highest BCUT2D eigenvalue weighted by molar-refractivity contribution is 5.93. The number of hydrogen-bond donors (Lipinski definition) is 0. The van der Waals surface area contributed by atoms with Crippen LogP contribution in [0.3, 0.4) is 0 Å². The number of piperidine rings is 1. The lowest BCUT2D eigenvalue weighted by molar-refractivity contribution is 0.0707. The number of carbonyl (C=O) groups excluding carboxylic acids is 1. The van der Waals surface area contributed by atoms with E-state index in [1.165, 1.54) is 5.56 Å². The van der Waals surface area contributed by atoms with Crippen molar-refractivity contribution in [2.24, 2.45) is 7.05 Å². The van der Waals surface area contributed by atoms with Crippen molar-refractivity contribution in [2.75, 3.05) is 13.1 Å². The van der Waals surface area contributed by atoms with E-state index in [0.717, 1.165) is 31.6 Å². The Kier molecular flexibility index (Phi) is 3.73. The Bertz CT molecular complexity index is 649. The van der Waals surface area contributed by atoms with Crippen LogP contribution in [0.2, 0.25) is 0 Å². The largest absolute Gasteiger partial charge is 0.338 e. The first-order valence-electron chi connectivity index (χ1n) is 7.34. The maximum Gasteiger partial charge on any atom is 0.257 e. The van der Waals surface area contributed by atoms with E-state index in [1.807, 2.05) is 25.1 Å². The molecule has 5 heteroatoms. The number of hydrogen-bond acceptors (Lipinski definition) is 3. The minimum absolute atomic E-state index is 0.0820. The molecule has 1 aliphatic heterocycles. The number of rotatable bonds is 2. The van der Waals surface area contributed by atoms with Crippen LogP contribution in [0.5, 0.6) is 0 Å². The summed E-state index contributed by atoms with van der Waals surface area (Å²) >= 11 is 0. The van der Waals surface area contributed by atoms with Gasteiger partial charge >= 0.3 is 0 Å². The topological polar surface area (TPSA) is 51.0 Å². The highest BCUT2D eigenvalue weighted by Crippen LogP contribution is 2.27. The summed E-state index contributed by atoms with van der Waals surface area (Å²) < 4.78 is 1.67. The van der Waals surface area contributed by atoms with Gasteiger partial charge in [-0.1, -0.05) is 0 Å². The lowest BCUT2D eigenvalue weighted by atomic mass is 9.90. The molecule has 21 heavy (non-hydrogen) atoms. The molecule has 110 valence electrons. The summed E-state index contributed by atoms with van der Waals surface area (Å²) in [5, 5.41) is 4.08. The number of nitrogens with zero attached hydrogens (tertiary/aromatic N) is 4. The molecule has 0 unspecified atom stereocenters. The predicted octanol–water partition coefficient (Wildman–Crippen LogP) is 2.14. The first-order chi connectivity index (χ1) is 10.1. The van der Waals surface area contributed by atoms with Gasteiger partial charge < -0.3 is 4.90 Å². The van der Waals surface area contributed by atoms with Gasteiger partial charge in [0.2, 0.25) is 0 Å². The van der Waals surface area contributed by atoms with Gasteiger partial charge in [0.05, 0.1) is 11.8 Å². The van der Waals surface area contributed by atoms with Crippen molar-refractivity contribution in [3.8, 4) is 0 Å². The minimum Gasteiger partial charge on any atom is -0.338 e. The lowest BCUT2D eigenvalue weighted by Gasteiger charge is -2.32. The molecule has 1 atom stereocenters. The van der Waals surface area contributed by atoms with Crippen LogP contribution in [0.15, 0.2) is 30.7 Å². The molecule has 0 aliphatic carbocycles. The fraction of sp³-hybridized carbons (Fsp3) is 0.438. The van der Waals surface area contributed by atoms with Crippen LogP contribution in [-0.4, -0.2) is 38.7 Å². The molecule has 0 N–H and O–H groups in total. The molecule has 1 fully saturated rings. The van der Waals surface area contributed by atoms with Gasteiger partial charge in [-0.3, -0.25) is 14.5 Å². The normalized spacial score (nSPS) is 18.8. The monoisotopic (exact) mass is 284 g/mol. The molecule has 1 aliphatic rings. The maximum absolute atomic E-state index is 12.5. The molecule has 2 aromatic rings. The molecular formula is C16H20N4O. The van der Waals surface area contributed by atoms with Crippen LogP contribution in [0.1, 0.15) is 40.4 Å². The smallest absolute Gasteiger partial charge is 0.257 e. The Labute approximate surface area is 124 Å². The summed E-state index contributed by atoms with van der Waals surface area (Å²) in [6.45, 7) is 3.61. The summed E-state index contributed by atoms with van der Waals surface area (Å²) in [4.78, 5) is 18.7. The Morgan fingerprint density at radius 3 is 3.00 bits per heavy atom. The molecule has 0 saturated carbocycles. The fourth-order valence-corrected chi connectivity index (χ4v) is 2.97. The zero-order chi connectivity index (χ0) is 14.8. The number of aryl methyl sites for hydroxylation is 2. The summed E-state index contributed by atoms with van der Waals surface area (Å²) in [5.41, 5.74) is 2.98. The molecule has 2 aromatic heterocycles. The van der Waals surface area contributed by atoms with E-state index >= 15 is 0 Å². The van der Waals surface area contributed by atoms with E-state index in [0.29, 0.717) is 11.5 Å². The third-order valence-electron chi connectivity index (χ3n) is 4.05. The molecule has 3 rings (SSSR count). The van der Waals surface area contributed by atoms with E-state index in [4.69, 9.17) is 0 Å². The van der Waals surface area contributed by atoms with E-state index in [1.54, 1.807) is 17.1 Å². The van der Waals surface area contributed by atoms with Crippen LogP contribution in [-0.2, 0) is 7.05 Å². The van der Waals surface area contributed by atoms with Gasteiger partial charge in [0.25, 0.3) is 5.91 Å². The van der Waals surface area contributed by atoms with Gasteiger partial charge in [-0.15, -0.1) is 0 Å². The van der Waals surface area contributed by atoms with Crippen molar-refractivity contribution in [3.63, 3.8) is 0 Å². The van der Waals surface area contributed by atoms with Crippen LogP contribution in [0, 0.1) is 6.92 Å².